The van der Waals surface area contributed by atoms with Gasteiger partial charge in [0.25, 0.3) is 0 Å². The van der Waals surface area contributed by atoms with Crippen LogP contribution in [0.5, 0.6) is 0 Å². The molecule has 0 amide bonds. The Labute approximate surface area is 109 Å². The first-order valence-corrected chi connectivity index (χ1v) is 6.41. The van der Waals surface area contributed by atoms with E-state index in [2.05, 4.69) is 75.9 Å². The number of halogens is 1. The smallest absolute Gasteiger partial charge is 0.0701 e. The topological polar surface area (TPSA) is 12.0 Å². The monoisotopic (exact) mass is 285 g/mol. The molecule has 0 saturated heterocycles. The molecular weight excluding hydrogens is 274 g/mol. The molecule has 0 aliphatic carbocycles. The molecule has 0 aromatic heterocycles. The third-order valence-electron chi connectivity index (χ3n) is 2.95. The van der Waals surface area contributed by atoms with E-state index in [9.17, 15) is 0 Å². The van der Waals surface area contributed by atoms with Crippen molar-refractivity contribution in [2.75, 3.05) is 5.32 Å². The number of anilines is 1. The van der Waals surface area contributed by atoms with E-state index in [1.54, 1.807) is 0 Å². The van der Waals surface area contributed by atoms with Crippen molar-refractivity contribution in [3.63, 3.8) is 0 Å². The Balaban J connectivity index is 1.95. The molecule has 1 N–H and O–H groups in total. The van der Waals surface area contributed by atoms with Crippen molar-refractivity contribution in [3.8, 4) is 0 Å². The molecule has 1 aliphatic rings. The first kappa shape index (κ1) is 10.6. The molecule has 1 unspecified atom stereocenters. The molecule has 2 aromatic carbocycles. The van der Waals surface area contributed by atoms with Gasteiger partial charge in [0.15, 0.2) is 0 Å². The standard InChI is InChI=1S/C15H12BrN/c16-13-6-3-5-12(10-13)15-9-8-11-4-1-2-7-14(11)17-15/h1-10,15,17H. The summed E-state index contributed by atoms with van der Waals surface area (Å²) in [6.45, 7) is 0. The van der Waals surface area contributed by atoms with Gasteiger partial charge in [-0.1, -0.05) is 58.4 Å². The Morgan fingerprint density at radius 3 is 2.76 bits per heavy atom. The molecule has 0 saturated carbocycles. The Morgan fingerprint density at radius 1 is 1.00 bits per heavy atom. The highest BCUT2D eigenvalue weighted by Crippen LogP contribution is 2.30. The second-order valence-electron chi connectivity index (χ2n) is 4.12. The van der Waals surface area contributed by atoms with Crippen molar-refractivity contribution in [3.05, 3.63) is 70.2 Å². The first-order chi connectivity index (χ1) is 8.33. The Hall–Kier alpha value is -1.54. The lowest BCUT2D eigenvalue weighted by molar-refractivity contribution is 0.977. The quantitative estimate of drug-likeness (QED) is 0.806. The average molecular weight is 286 g/mol. The number of rotatable bonds is 1. The maximum atomic E-state index is 3.53. The molecule has 1 aliphatic heterocycles. The van der Waals surface area contributed by atoms with Crippen molar-refractivity contribution in [1.29, 1.82) is 0 Å². The van der Waals surface area contributed by atoms with Crippen LogP contribution in [0.3, 0.4) is 0 Å². The van der Waals surface area contributed by atoms with Crippen molar-refractivity contribution in [2.24, 2.45) is 0 Å². The summed E-state index contributed by atoms with van der Waals surface area (Å²) in [5.74, 6) is 0. The highest BCUT2D eigenvalue weighted by Gasteiger charge is 2.13. The number of nitrogens with one attached hydrogen (secondary N) is 1. The number of para-hydroxylation sites is 1. The molecular formula is C15H12BrN. The van der Waals surface area contributed by atoms with Gasteiger partial charge in [-0.2, -0.15) is 0 Å². The fourth-order valence-corrected chi connectivity index (χ4v) is 2.50. The molecule has 3 rings (SSSR count). The van der Waals surface area contributed by atoms with Crippen molar-refractivity contribution in [1.82, 2.24) is 0 Å². The van der Waals surface area contributed by atoms with Gasteiger partial charge in [0.05, 0.1) is 6.04 Å². The van der Waals surface area contributed by atoms with E-state index in [1.807, 2.05) is 6.07 Å². The van der Waals surface area contributed by atoms with Gasteiger partial charge in [-0.25, -0.2) is 0 Å². The summed E-state index contributed by atoms with van der Waals surface area (Å²) >= 11 is 3.51. The summed E-state index contributed by atoms with van der Waals surface area (Å²) in [7, 11) is 0. The molecule has 2 aromatic rings. The van der Waals surface area contributed by atoms with Crippen LogP contribution in [-0.2, 0) is 0 Å². The molecule has 1 nitrogen and oxygen atoms in total. The van der Waals surface area contributed by atoms with E-state index in [0.717, 1.165) is 4.47 Å². The fraction of sp³-hybridized carbons (Fsp3) is 0.0667. The normalized spacial score (nSPS) is 17.4. The lowest BCUT2D eigenvalue weighted by atomic mass is 10.0. The fourth-order valence-electron chi connectivity index (χ4n) is 2.08. The van der Waals surface area contributed by atoms with Crippen LogP contribution in [0.2, 0.25) is 0 Å². The first-order valence-electron chi connectivity index (χ1n) is 5.62. The van der Waals surface area contributed by atoms with Gasteiger partial charge in [0, 0.05) is 10.2 Å². The summed E-state index contributed by atoms with van der Waals surface area (Å²) in [4.78, 5) is 0. The molecule has 0 bridgehead atoms. The van der Waals surface area contributed by atoms with E-state index >= 15 is 0 Å². The molecule has 2 heteroatoms. The van der Waals surface area contributed by atoms with Crippen LogP contribution in [0.1, 0.15) is 17.2 Å². The predicted octanol–water partition coefficient (Wildman–Crippen LogP) is 4.63. The third kappa shape index (κ3) is 2.13. The number of fused-ring (bicyclic) bond motifs is 1. The summed E-state index contributed by atoms with van der Waals surface area (Å²) in [6, 6.07) is 17.0. The van der Waals surface area contributed by atoms with Crippen LogP contribution < -0.4 is 5.32 Å². The zero-order valence-electron chi connectivity index (χ0n) is 9.23. The summed E-state index contributed by atoms with van der Waals surface area (Å²) in [6.07, 6.45) is 4.38. The summed E-state index contributed by atoms with van der Waals surface area (Å²) in [5, 5.41) is 3.53. The van der Waals surface area contributed by atoms with Gasteiger partial charge in [0.1, 0.15) is 0 Å². The van der Waals surface area contributed by atoms with E-state index < -0.39 is 0 Å². The second-order valence-corrected chi connectivity index (χ2v) is 5.04. The Bertz CT molecular complexity index is 575. The second kappa shape index (κ2) is 4.38. The molecule has 1 heterocycles. The van der Waals surface area contributed by atoms with Crippen LogP contribution in [0.15, 0.2) is 59.1 Å². The maximum absolute atomic E-state index is 3.53. The van der Waals surface area contributed by atoms with Crippen molar-refractivity contribution < 1.29 is 0 Å². The van der Waals surface area contributed by atoms with Crippen LogP contribution in [0.25, 0.3) is 6.08 Å². The van der Waals surface area contributed by atoms with Gasteiger partial charge in [-0.15, -0.1) is 0 Å². The summed E-state index contributed by atoms with van der Waals surface area (Å²) in [5.41, 5.74) is 3.71. The SMILES string of the molecule is Brc1cccc(C2C=Cc3ccccc3N2)c1. The zero-order chi connectivity index (χ0) is 11.7. The molecule has 84 valence electrons. The van der Waals surface area contributed by atoms with Crippen LogP contribution in [0, 0.1) is 0 Å². The highest BCUT2D eigenvalue weighted by atomic mass is 79.9. The van der Waals surface area contributed by atoms with Gasteiger partial charge in [-0.05, 0) is 29.3 Å². The van der Waals surface area contributed by atoms with Crippen LogP contribution >= 0.6 is 15.9 Å². The lowest BCUT2D eigenvalue weighted by Gasteiger charge is -2.22. The van der Waals surface area contributed by atoms with Gasteiger partial charge < -0.3 is 5.32 Å². The number of hydrogen-bond donors (Lipinski definition) is 1. The minimum atomic E-state index is 0.252. The molecule has 0 fully saturated rings. The van der Waals surface area contributed by atoms with Crippen LogP contribution in [-0.4, -0.2) is 0 Å². The van der Waals surface area contributed by atoms with Gasteiger partial charge in [0.2, 0.25) is 0 Å². The molecule has 0 radical (unpaired) electrons. The number of hydrogen-bond acceptors (Lipinski definition) is 1. The van der Waals surface area contributed by atoms with E-state index in [4.69, 9.17) is 0 Å². The maximum Gasteiger partial charge on any atom is 0.0701 e. The van der Waals surface area contributed by atoms with E-state index in [0.29, 0.717) is 0 Å². The Morgan fingerprint density at radius 2 is 1.88 bits per heavy atom. The third-order valence-corrected chi connectivity index (χ3v) is 3.44. The van der Waals surface area contributed by atoms with Gasteiger partial charge >= 0.3 is 0 Å². The predicted molar refractivity (Wildman–Crippen MR) is 76.0 cm³/mol. The van der Waals surface area contributed by atoms with Crippen molar-refractivity contribution in [2.45, 2.75) is 6.04 Å². The lowest BCUT2D eigenvalue weighted by Crippen LogP contribution is -2.11. The average Bonchev–Trinajstić information content (AvgIpc) is 2.38. The van der Waals surface area contributed by atoms with E-state index in [-0.39, 0.29) is 6.04 Å². The largest absolute Gasteiger partial charge is 0.374 e. The minimum Gasteiger partial charge on any atom is -0.374 e. The summed E-state index contributed by atoms with van der Waals surface area (Å²) < 4.78 is 1.11. The van der Waals surface area contributed by atoms with E-state index in [1.165, 1.54) is 16.8 Å². The minimum absolute atomic E-state index is 0.252. The molecule has 17 heavy (non-hydrogen) atoms. The highest BCUT2D eigenvalue weighted by molar-refractivity contribution is 9.10. The van der Waals surface area contributed by atoms with Gasteiger partial charge in [-0.3, -0.25) is 0 Å². The molecule has 1 atom stereocenters. The number of benzene rings is 2. The van der Waals surface area contributed by atoms with Crippen LogP contribution in [0.4, 0.5) is 5.69 Å². The molecule has 0 spiro atoms. The Kier molecular flexibility index (Phi) is 2.73. The zero-order valence-corrected chi connectivity index (χ0v) is 10.8. The van der Waals surface area contributed by atoms with Crippen molar-refractivity contribution >= 4 is 27.7 Å².